The summed E-state index contributed by atoms with van der Waals surface area (Å²) in [5, 5.41) is 0. The van der Waals surface area contributed by atoms with E-state index in [1.54, 1.807) is 0 Å². The highest BCUT2D eigenvalue weighted by Gasteiger charge is 2.40. The number of benzene rings is 1. The van der Waals surface area contributed by atoms with E-state index in [9.17, 15) is 4.79 Å². The summed E-state index contributed by atoms with van der Waals surface area (Å²) >= 11 is 0. The predicted molar refractivity (Wildman–Crippen MR) is 72.4 cm³/mol. The van der Waals surface area contributed by atoms with Crippen LogP contribution in [0, 0.1) is 11.8 Å². The molecular formula is C16H22O2. The van der Waals surface area contributed by atoms with Crippen molar-refractivity contribution in [3.05, 3.63) is 35.9 Å². The maximum Gasteiger partial charge on any atom is 0.139 e. The number of hydrogen-bond donors (Lipinski definition) is 0. The monoisotopic (exact) mass is 246 g/mol. The summed E-state index contributed by atoms with van der Waals surface area (Å²) < 4.78 is 5.74. The summed E-state index contributed by atoms with van der Waals surface area (Å²) in [6.45, 7) is 6.20. The van der Waals surface area contributed by atoms with E-state index >= 15 is 0 Å². The molecule has 1 aromatic rings. The van der Waals surface area contributed by atoms with E-state index in [1.165, 1.54) is 5.56 Å². The fraction of sp³-hybridized carbons (Fsp3) is 0.562. The summed E-state index contributed by atoms with van der Waals surface area (Å²) in [7, 11) is 0. The van der Waals surface area contributed by atoms with E-state index in [0.717, 1.165) is 6.42 Å². The van der Waals surface area contributed by atoms with E-state index in [2.05, 4.69) is 26.0 Å². The molecule has 0 bridgehead atoms. The molecule has 1 heterocycles. The number of carbonyl (C=O) groups is 1. The normalized spacial score (nSPS) is 31.5. The molecule has 1 aromatic carbocycles. The summed E-state index contributed by atoms with van der Waals surface area (Å²) in [5.74, 6) is 0.759. The summed E-state index contributed by atoms with van der Waals surface area (Å²) in [6.07, 6.45) is 1.73. The molecule has 1 saturated heterocycles. The van der Waals surface area contributed by atoms with Crippen LogP contribution in [0.25, 0.3) is 0 Å². The van der Waals surface area contributed by atoms with Crippen LogP contribution in [0.5, 0.6) is 0 Å². The van der Waals surface area contributed by atoms with Crippen molar-refractivity contribution in [2.75, 3.05) is 0 Å². The Bertz CT molecular complexity index is 399. The quantitative estimate of drug-likeness (QED) is 0.815. The predicted octanol–water partition coefficient (Wildman–Crippen LogP) is 3.25. The first kappa shape index (κ1) is 13.3. The van der Waals surface area contributed by atoms with E-state index < -0.39 is 0 Å². The van der Waals surface area contributed by atoms with E-state index in [0.29, 0.717) is 18.1 Å². The van der Waals surface area contributed by atoms with Gasteiger partial charge in [0.2, 0.25) is 0 Å². The lowest BCUT2D eigenvalue weighted by molar-refractivity contribution is -0.125. The van der Waals surface area contributed by atoms with Gasteiger partial charge in [0.1, 0.15) is 5.78 Å². The number of ketones is 1. The lowest BCUT2D eigenvalue weighted by Crippen LogP contribution is -2.27. The van der Waals surface area contributed by atoms with Gasteiger partial charge < -0.3 is 4.74 Å². The van der Waals surface area contributed by atoms with E-state index in [-0.39, 0.29) is 18.1 Å². The minimum absolute atomic E-state index is 0.0678. The molecule has 4 atom stereocenters. The first-order valence-corrected chi connectivity index (χ1v) is 6.81. The molecule has 2 rings (SSSR count). The zero-order chi connectivity index (χ0) is 13.1. The van der Waals surface area contributed by atoms with Crippen molar-refractivity contribution in [1.29, 1.82) is 0 Å². The Balaban J connectivity index is 1.92. The summed E-state index contributed by atoms with van der Waals surface area (Å²) in [4.78, 5) is 12.3. The van der Waals surface area contributed by atoms with E-state index in [1.807, 2.05) is 25.1 Å². The summed E-state index contributed by atoms with van der Waals surface area (Å²) in [5.41, 5.74) is 1.23. The number of aryl methyl sites for hydroxylation is 1. The minimum Gasteiger partial charge on any atom is -0.375 e. The molecule has 4 unspecified atom stereocenters. The van der Waals surface area contributed by atoms with E-state index in [4.69, 9.17) is 4.74 Å². The average Bonchev–Trinajstić information content (AvgIpc) is 2.62. The Kier molecular flexibility index (Phi) is 4.18. The van der Waals surface area contributed by atoms with Crippen molar-refractivity contribution < 1.29 is 9.53 Å². The van der Waals surface area contributed by atoms with Crippen LogP contribution in [0.1, 0.15) is 32.8 Å². The van der Waals surface area contributed by atoms with Gasteiger partial charge in [0.15, 0.2) is 0 Å². The minimum atomic E-state index is 0.0678. The smallest absolute Gasteiger partial charge is 0.139 e. The Morgan fingerprint density at radius 2 is 1.78 bits per heavy atom. The molecule has 0 saturated carbocycles. The second-order valence-electron chi connectivity index (χ2n) is 5.38. The van der Waals surface area contributed by atoms with Crippen LogP contribution in [0.2, 0.25) is 0 Å². The zero-order valence-electron chi connectivity index (χ0n) is 11.4. The fourth-order valence-corrected chi connectivity index (χ4v) is 2.90. The first-order valence-electron chi connectivity index (χ1n) is 6.81. The lowest BCUT2D eigenvalue weighted by atomic mass is 9.84. The molecule has 1 fully saturated rings. The number of rotatable bonds is 4. The third-order valence-corrected chi connectivity index (χ3v) is 4.12. The molecule has 0 aliphatic carbocycles. The van der Waals surface area contributed by atoms with Crippen LogP contribution in [0.4, 0.5) is 0 Å². The van der Waals surface area contributed by atoms with Gasteiger partial charge >= 0.3 is 0 Å². The second-order valence-corrected chi connectivity index (χ2v) is 5.38. The number of Topliss-reactive ketones (excluding diaryl/α,β-unsaturated/α-hetero) is 1. The largest absolute Gasteiger partial charge is 0.375 e. The Labute approximate surface area is 109 Å². The highest BCUT2D eigenvalue weighted by molar-refractivity contribution is 5.82. The van der Waals surface area contributed by atoms with Gasteiger partial charge in [-0.15, -0.1) is 0 Å². The lowest BCUT2D eigenvalue weighted by Gasteiger charge is -2.16. The van der Waals surface area contributed by atoms with Crippen molar-refractivity contribution in [2.24, 2.45) is 11.8 Å². The second kappa shape index (κ2) is 5.66. The standard InChI is InChI=1S/C16H22O2/c1-11-12(2)18-13(3)16(11)15(17)10-9-14-7-5-4-6-8-14/h4-8,11-13,16H,9-10H2,1-3H3. The molecular weight excluding hydrogens is 224 g/mol. The van der Waals surface area contributed by atoms with Gasteiger partial charge in [0.05, 0.1) is 12.2 Å². The zero-order valence-corrected chi connectivity index (χ0v) is 11.4. The van der Waals surface area contributed by atoms with Crippen LogP contribution >= 0.6 is 0 Å². The van der Waals surface area contributed by atoms with Crippen molar-refractivity contribution >= 4 is 5.78 Å². The van der Waals surface area contributed by atoms with Crippen LogP contribution < -0.4 is 0 Å². The van der Waals surface area contributed by atoms with Gasteiger partial charge in [-0.1, -0.05) is 37.3 Å². The molecule has 98 valence electrons. The number of ether oxygens (including phenoxy) is 1. The van der Waals surface area contributed by atoms with Gasteiger partial charge in [-0.3, -0.25) is 4.79 Å². The average molecular weight is 246 g/mol. The highest BCUT2D eigenvalue weighted by Crippen LogP contribution is 2.33. The Morgan fingerprint density at radius 1 is 1.11 bits per heavy atom. The van der Waals surface area contributed by atoms with Gasteiger partial charge in [-0.05, 0) is 31.7 Å². The molecule has 1 aliphatic rings. The van der Waals surface area contributed by atoms with Gasteiger partial charge in [0, 0.05) is 12.3 Å². The Hall–Kier alpha value is -1.15. The van der Waals surface area contributed by atoms with Crippen LogP contribution in [0.15, 0.2) is 30.3 Å². The van der Waals surface area contributed by atoms with Crippen molar-refractivity contribution in [3.63, 3.8) is 0 Å². The third kappa shape index (κ3) is 2.81. The number of carbonyl (C=O) groups excluding carboxylic acids is 1. The van der Waals surface area contributed by atoms with Crippen LogP contribution in [-0.4, -0.2) is 18.0 Å². The molecule has 0 spiro atoms. The first-order chi connectivity index (χ1) is 8.59. The molecule has 0 radical (unpaired) electrons. The Morgan fingerprint density at radius 3 is 2.33 bits per heavy atom. The van der Waals surface area contributed by atoms with Gasteiger partial charge in [-0.25, -0.2) is 0 Å². The molecule has 0 aromatic heterocycles. The third-order valence-electron chi connectivity index (χ3n) is 4.12. The van der Waals surface area contributed by atoms with Crippen LogP contribution in [-0.2, 0) is 16.0 Å². The topological polar surface area (TPSA) is 26.3 Å². The molecule has 0 N–H and O–H groups in total. The molecule has 1 aliphatic heterocycles. The van der Waals surface area contributed by atoms with Crippen molar-refractivity contribution in [3.8, 4) is 0 Å². The summed E-state index contributed by atoms with van der Waals surface area (Å²) in [6, 6.07) is 10.2. The van der Waals surface area contributed by atoms with Crippen LogP contribution in [0.3, 0.4) is 0 Å². The maximum atomic E-state index is 12.3. The van der Waals surface area contributed by atoms with Crippen molar-refractivity contribution in [2.45, 2.75) is 45.8 Å². The molecule has 2 heteroatoms. The molecule has 0 amide bonds. The number of hydrogen-bond acceptors (Lipinski definition) is 2. The highest BCUT2D eigenvalue weighted by atomic mass is 16.5. The van der Waals surface area contributed by atoms with Gasteiger partial charge in [0.25, 0.3) is 0 Å². The molecule has 18 heavy (non-hydrogen) atoms. The fourth-order valence-electron chi connectivity index (χ4n) is 2.90. The maximum absolute atomic E-state index is 12.3. The molecule has 2 nitrogen and oxygen atoms in total. The SMILES string of the molecule is CC1OC(C)C(C(=O)CCc2ccccc2)C1C. The van der Waals surface area contributed by atoms with Crippen molar-refractivity contribution in [1.82, 2.24) is 0 Å². The van der Waals surface area contributed by atoms with Gasteiger partial charge in [-0.2, -0.15) is 0 Å².